The van der Waals surface area contributed by atoms with Crippen LogP contribution in [0, 0.1) is 0 Å². The summed E-state index contributed by atoms with van der Waals surface area (Å²) >= 11 is 18.9. The minimum atomic E-state index is -0.980. The Kier molecular flexibility index (Phi) is 6.77. The predicted octanol–water partition coefficient (Wildman–Crippen LogP) is 6.78. The van der Waals surface area contributed by atoms with Crippen LogP contribution in [0.2, 0.25) is 15.1 Å². The van der Waals surface area contributed by atoms with Gasteiger partial charge in [0.05, 0.1) is 36.4 Å². The average molecular weight is 572 g/mol. The van der Waals surface area contributed by atoms with Crippen LogP contribution in [0.3, 0.4) is 0 Å². The van der Waals surface area contributed by atoms with Gasteiger partial charge in [-0.1, -0.05) is 53.0 Å². The van der Waals surface area contributed by atoms with Crippen molar-refractivity contribution in [2.75, 3.05) is 19.1 Å². The summed E-state index contributed by atoms with van der Waals surface area (Å²) in [5.41, 5.74) is 1.87. The molecule has 38 heavy (non-hydrogen) atoms. The Morgan fingerprint density at radius 3 is 2.26 bits per heavy atom. The predicted molar refractivity (Wildman–Crippen MR) is 149 cm³/mol. The second kappa shape index (κ2) is 9.91. The van der Waals surface area contributed by atoms with Crippen LogP contribution in [-0.4, -0.2) is 35.6 Å². The van der Waals surface area contributed by atoms with Crippen LogP contribution in [0.1, 0.15) is 17.2 Å². The summed E-state index contributed by atoms with van der Waals surface area (Å²) in [4.78, 5) is 28.5. The van der Waals surface area contributed by atoms with Crippen LogP contribution in [0.15, 0.2) is 66.4 Å². The molecule has 1 aliphatic rings. The number of hydrogen-bond donors (Lipinski definition) is 1. The molecular weight excluding hydrogens is 551 g/mol. The van der Waals surface area contributed by atoms with Gasteiger partial charge in [0.2, 0.25) is 0 Å². The van der Waals surface area contributed by atoms with E-state index in [9.17, 15) is 14.7 Å². The van der Waals surface area contributed by atoms with E-state index in [4.69, 9.17) is 44.3 Å². The number of aromatic nitrogens is 1. The number of carbonyl (C=O) groups excluding carboxylic acids is 2. The number of aryl methyl sites for hydroxylation is 1. The number of aliphatic hydroxyl groups excluding tert-OH is 1. The lowest BCUT2D eigenvalue weighted by Crippen LogP contribution is -2.29. The highest BCUT2D eigenvalue weighted by molar-refractivity contribution is 6.52. The highest BCUT2D eigenvalue weighted by Crippen LogP contribution is 2.49. The third-order valence-corrected chi connectivity index (χ3v) is 7.44. The van der Waals surface area contributed by atoms with Crippen molar-refractivity contribution in [2.45, 2.75) is 6.04 Å². The Hall–Kier alpha value is -3.65. The van der Waals surface area contributed by atoms with Crippen LogP contribution in [-0.2, 0) is 16.6 Å². The fourth-order valence-corrected chi connectivity index (χ4v) is 5.69. The molecule has 0 radical (unpaired) electrons. The van der Waals surface area contributed by atoms with Crippen molar-refractivity contribution in [3.63, 3.8) is 0 Å². The van der Waals surface area contributed by atoms with E-state index >= 15 is 0 Å². The van der Waals surface area contributed by atoms with Gasteiger partial charge in [-0.3, -0.25) is 14.5 Å². The summed E-state index contributed by atoms with van der Waals surface area (Å²) in [6.45, 7) is 0. The van der Waals surface area contributed by atoms with Gasteiger partial charge in [0, 0.05) is 40.4 Å². The first-order chi connectivity index (χ1) is 18.2. The zero-order valence-electron chi connectivity index (χ0n) is 20.5. The van der Waals surface area contributed by atoms with Gasteiger partial charge in [0.1, 0.15) is 10.8 Å². The molecule has 0 bridgehead atoms. The number of aliphatic hydroxyl groups is 1. The molecule has 1 saturated heterocycles. The molecule has 2 heterocycles. The largest absolute Gasteiger partial charge is 0.507 e. The van der Waals surface area contributed by atoms with Crippen molar-refractivity contribution in [3.8, 4) is 11.5 Å². The van der Waals surface area contributed by atoms with E-state index in [2.05, 4.69) is 0 Å². The lowest BCUT2D eigenvalue weighted by atomic mass is 9.94. The maximum atomic E-state index is 13.6. The first-order valence-electron chi connectivity index (χ1n) is 11.4. The van der Waals surface area contributed by atoms with Crippen molar-refractivity contribution in [3.05, 3.63) is 92.6 Å². The van der Waals surface area contributed by atoms with Gasteiger partial charge in [-0.05, 0) is 36.4 Å². The molecule has 0 spiro atoms. The molecule has 1 aromatic heterocycles. The van der Waals surface area contributed by atoms with E-state index in [0.717, 1.165) is 10.9 Å². The van der Waals surface area contributed by atoms with Gasteiger partial charge in [-0.25, -0.2) is 0 Å². The number of fused-ring (bicyclic) bond motifs is 1. The summed E-state index contributed by atoms with van der Waals surface area (Å²) in [6, 6.07) is 14.5. The van der Waals surface area contributed by atoms with Crippen molar-refractivity contribution < 1.29 is 24.2 Å². The molecule has 1 atom stereocenters. The third kappa shape index (κ3) is 3.98. The maximum Gasteiger partial charge on any atom is 0.300 e. The van der Waals surface area contributed by atoms with E-state index in [1.165, 1.54) is 25.2 Å². The SMILES string of the molecule is COc1c(Cl)cc(/C(O)=C2\C(=O)C(=O)N(c3ccc(Cl)cc3)C2c2cn(C)c3ccccc23)c(OC)c1Cl. The second-order valence-electron chi connectivity index (χ2n) is 8.64. The van der Waals surface area contributed by atoms with Gasteiger partial charge in [0.25, 0.3) is 11.7 Å². The number of ether oxygens (including phenoxy) is 2. The molecule has 10 heteroatoms. The van der Waals surface area contributed by atoms with Crippen LogP contribution in [0.5, 0.6) is 11.5 Å². The van der Waals surface area contributed by atoms with E-state index in [1.54, 1.807) is 24.3 Å². The molecule has 0 aliphatic carbocycles. The average Bonchev–Trinajstić information content (AvgIpc) is 3.37. The summed E-state index contributed by atoms with van der Waals surface area (Å²) in [6.07, 6.45) is 1.84. The van der Waals surface area contributed by atoms with Crippen LogP contribution in [0.4, 0.5) is 5.69 Å². The second-order valence-corrected chi connectivity index (χ2v) is 9.87. The smallest absolute Gasteiger partial charge is 0.300 e. The number of Topliss-reactive ketones (excluding diaryl/α,β-unsaturated/α-hetero) is 1. The molecule has 1 fully saturated rings. The fraction of sp³-hybridized carbons (Fsp3) is 0.143. The number of hydrogen-bond acceptors (Lipinski definition) is 5. The minimum Gasteiger partial charge on any atom is -0.507 e. The van der Waals surface area contributed by atoms with E-state index in [1.807, 2.05) is 42.1 Å². The Bertz CT molecular complexity index is 1640. The molecule has 5 rings (SSSR count). The topological polar surface area (TPSA) is 81.0 Å². The van der Waals surface area contributed by atoms with Gasteiger partial charge in [-0.15, -0.1) is 0 Å². The number of rotatable bonds is 5. The van der Waals surface area contributed by atoms with Gasteiger partial charge in [0.15, 0.2) is 11.5 Å². The number of nitrogens with zero attached hydrogens (tertiary/aromatic N) is 2. The van der Waals surface area contributed by atoms with Crippen molar-refractivity contribution >= 4 is 68.8 Å². The van der Waals surface area contributed by atoms with Gasteiger partial charge >= 0.3 is 0 Å². The number of ketones is 1. The third-order valence-electron chi connectivity index (χ3n) is 6.57. The van der Waals surface area contributed by atoms with E-state index in [0.29, 0.717) is 16.3 Å². The lowest BCUT2D eigenvalue weighted by Gasteiger charge is -2.25. The monoisotopic (exact) mass is 570 g/mol. The highest BCUT2D eigenvalue weighted by Gasteiger charge is 2.48. The van der Waals surface area contributed by atoms with Gasteiger partial charge in [-0.2, -0.15) is 0 Å². The lowest BCUT2D eigenvalue weighted by molar-refractivity contribution is -0.132. The maximum absolute atomic E-state index is 13.6. The normalized spacial score (nSPS) is 16.9. The summed E-state index contributed by atoms with van der Waals surface area (Å²) in [5, 5.41) is 13.1. The molecule has 4 aromatic rings. The highest BCUT2D eigenvalue weighted by atomic mass is 35.5. The first kappa shape index (κ1) is 26.0. The fourth-order valence-electron chi connectivity index (χ4n) is 4.88. The summed E-state index contributed by atoms with van der Waals surface area (Å²) in [5.74, 6) is -1.98. The molecule has 1 aliphatic heterocycles. The molecular formula is C28H21Cl3N2O5. The molecule has 0 saturated carbocycles. The number of amides is 1. The van der Waals surface area contributed by atoms with Crippen LogP contribution in [0.25, 0.3) is 16.7 Å². The molecule has 194 valence electrons. The standard InChI is InChI=1S/C28H21Cl3N2O5/c1-32-13-18(16-6-4-5-7-20(16)32)23-21(25(35)28(36)33(23)15-10-8-14(29)9-11-15)24(34)17-12-19(30)27(38-3)22(31)26(17)37-2/h4-13,23,34H,1-3H3/b24-21+. The molecule has 7 nitrogen and oxygen atoms in total. The minimum absolute atomic E-state index is 0.0118. The number of benzene rings is 3. The molecule has 1 amide bonds. The Labute approximate surface area is 233 Å². The number of halogens is 3. The van der Waals surface area contributed by atoms with Gasteiger partial charge < -0.3 is 19.1 Å². The molecule has 1 N–H and O–H groups in total. The summed E-state index contributed by atoms with van der Waals surface area (Å²) < 4.78 is 12.6. The summed E-state index contributed by atoms with van der Waals surface area (Å²) in [7, 11) is 4.62. The Morgan fingerprint density at radius 1 is 0.947 bits per heavy atom. The number of carbonyl (C=O) groups is 2. The molecule has 1 unspecified atom stereocenters. The van der Waals surface area contributed by atoms with Crippen LogP contribution < -0.4 is 14.4 Å². The van der Waals surface area contributed by atoms with Crippen molar-refractivity contribution in [1.29, 1.82) is 0 Å². The quantitative estimate of drug-likeness (QED) is 0.162. The van der Waals surface area contributed by atoms with E-state index < -0.39 is 23.5 Å². The number of para-hydroxylation sites is 1. The van der Waals surface area contributed by atoms with E-state index in [-0.39, 0.29) is 32.7 Å². The Balaban J connectivity index is 1.84. The molecule has 3 aromatic carbocycles. The zero-order valence-corrected chi connectivity index (χ0v) is 22.7. The Morgan fingerprint density at radius 2 is 1.61 bits per heavy atom. The van der Waals surface area contributed by atoms with Crippen molar-refractivity contribution in [1.82, 2.24) is 4.57 Å². The van der Waals surface area contributed by atoms with Crippen LogP contribution >= 0.6 is 34.8 Å². The number of anilines is 1. The van der Waals surface area contributed by atoms with Crippen molar-refractivity contribution in [2.24, 2.45) is 7.05 Å². The number of methoxy groups -OCH3 is 2. The zero-order chi connectivity index (χ0) is 27.3. The first-order valence-corrected chi connectivity index (χ1v) is 12.5.